The van der Waals surface area contributed by atoms with Crippen LogP contribution in [0.2, 0.25) is 0 Å². The van der Waals surface area contributed by atoms with Crippen molar-refractivity contribution in [1.29, 1.82) is 0 Å². The number of aliphatic hydroxyl groups excluding tert-OH is 1. The fourth-order valence-electron chi connectivity index (χ4n) is 1.36. The molecule has 1 saturated heterocycles. The van der Waals surface area contributed by atoms with Gasteiger partial charge in [0.15, 0.2) is 0 Å². The van der Waals surface area contributed by atoms with E-state index in [1.165, 1.54) is 0 Å². The van der Waals surface area contributed by atoms with Crippen molar-refractivity contribution in [1.82, 2.24) is 10.6 Å². The summed E-state index contributed by atoms with van der Waals surface area (Å²) in [5.74, 6) is -0.238. The van der Waals surface area contributed by atoms with E-state index in [0.29, 0.717) is 19.4 Å². The van der Waals surface area contributed by atoms with Crippen LogP contribution in [0, 0.1) is 5.92 Å². The summed E-state index contributed by atoms with van der Waals surface area (Å²) in [5, 5.41) is 14.1. The van der Waals surface area contributed by atoms with Gasteiger partial charge in [0.25, 0.3) is 0 Å². The van der Waals surface area contributed by atoms with E-state index in [1.54, 1.807) is 6.92 Å². The highest BCUT2D eigenvalue weighted by atomic mass is 16.3. The van der Waals surface area contributed by atoms with E-state index in [1.807, 2.05) is 0 Å². The standard InChI is InChI=1S/C9H16N2O3/c1-6(5-12)11-9(14)7-2-3-8(13)10-4-7/h6-7,12H,2-5H2,1H3,(H,10,13)(H,11,14)/t6-,7?/m1/s1. The zero-order valence-corrected chi connectivity index (χ0v) is 8.25. The molecule has 14 heavy (non-hydrogen) atoms. The molecule has 0 aliphatic carbocycles. The van der Waals surface area contributed by atoms with Crippen LogP contribution in [0.25, 0.3) is 0 Å². The van der Waals surface area contributed by atoms with Crippen LogP contribution in [-0.4, -0.2) is 36.1 Å². The minimum atomic E-state index is -0.222. The molecule has 1 aliphatic rings. The highest BCUT2D eigenvalue weighted by molar-refractivity contribution is 5.83. The SMILES string of the molecule is C[C@H](CO)NC(=O)C1CCC(=O)NC1. The predicted octanol–water partition coefficient (Wildman–Crippen LogP) is -0.990. The van der Waals surface area contributed by atoms with Gasteiger partial charge in [-0.05, 0) is 13.3 Å². The third-order valence-corrected chi connectivity index (χ3v) is 2.30. The maximum atomic E-state index is 11.5. The van der Waals surface area contributed by atoms with Crippen molar-refractivity contribution in [2.45, 2.75) is 25.8 Å². The molecule has 1 fully saturated rings. The number of piperidine rings is 1. The van der Waals surface area contributed by atoms with Crippen molar-refractivity contribution in [3.05, 3.63) is 0 Å². The van der Waals surface area contributed by atoms with Crippen molar-refractivity contribution in [2.75, 3.05) is 13.2 Å². The van der Waals surface area contributed by atoms with Crippen LogP contribution in [0.3, 0.4) is 0 Å². The van der Waals surface area contributed by atoms with Crippen molar-refractivity contribution in [3.8, 4) is 0 Å². The molecule has 3 N–H and O–H groups in total. The summed E-state index contributed by atoms with van der Waals surface area (Å²) in [6.45, 7) is 2.08. The first-order chi connectivity index (χ1) is 6.63. The van der Waals surface area contributed by atoms with E-state index in [9.17, 15) is 9.59 Å². The Kier molecular flexibility index (Phi) is 3.88. The summed E-state index contributed by atoms with van der Waals surface area (Å²) < 4.78 is 0. The average Bonchev–Trinajstić information content (AvgIpc) is 2.18. The van der Waals surface area contributed by atoms with Gasteiger partial charge in [-0.1, -0.05) is 0 Å². The number of rotatable bonds is 3. The largest absolute Gasteiger partial charge is 0.394 e. The number of hydrogen-bond acceptors (Lipinski definition) is 3. The second-order valence-electron chi connectivity index (χ2n) is 3.63. The first kappa shape index (κ1) is 11.0. The quantitative estimate of drug-likeness (QED) is 0.547. The van der Waals surface area contributed by atoms with E-state index in [-0.39, 0.29) is 30.4 Å². The lowest BCUT2D eigenvalue weighted by Gasteiger charge is -2.23. The number of aliphatic hydroxyl groups is 1. The molecule has 0 spiro atoms. The first-order valence-electron chi connectivity index (χ1n) is 4.81. The monoisotopic (exact) mass is 200 g/mol. The van der Waals surface area contributed by atoms with E-state index in [4.69, 9.17) is 5.11 Å². The molecule has 1 aliphatic heterocycles. The highest BCUT2D eigenvalue weighted by Crippen LogP contribution is 2.10. The van der Waals surface area contributed by atoms with Gasteiger partial charge in [-0.3, -0.25) is 9.59 Å². The molecule has 5 heteroatoms. The van der Waals surface area contributed by atoms with Crippen molar-refractivity contribution in [2.24, 2.45) is 5.92 Å². The predicted molar refractivity (Wildman–Crippen MR) is 50.4 cm³/mol. The van der Waals surface area contributed by atoms with Gasteiger partial charge >= 0.3 is 0 Å². The average molecular weight is 200 g/mol. The minimum absolute atomic E-state index is 0.00394. The lowest BCUT2D eigenvalue weighted by Crippen LogP contribution is -2.46. The molecule has 2 atom stereocenters. The second kappa shape index (κ2) is 4.95. The van der Waals surface area contributed by atoms with Gasteiger partial charge in [-0.25, -0.2) is 0 Å². The van der Waals surface area contributed by atoms with E-state index >= 15 is 0 Å². The van der Waals surface area contributed by atoms with Crippen LogP contribution >= 0.6 is 0 Å². The number of carbonyl (C=O) groups excluding carboxylic acids is 2. The molecule has 1 unspecified atom stereocenters. The summed E-state index contributed by atoms with van der Waals surface area (Å²) in [5.41, 5.74) is 0. The van der Waals surface area contributed by atoms with Gasteiger partial charge in [0, 0.05) is 19.0 Å². The van der Waals surface area contributed by atoms with Crippen molar-refractivity contribution in [3.63, 3.8) is 0 Å². The summed E-state index contributed by atoms with van der Waals surface area (Å²) in [6.07, 6.45) is 1.00. The van der Waals surface area contributed by atoms with Gasteiger partial charge in [0.05, 0.1) is 12.5 Å². The van der Waals surface area contributed by atoms with Crippen LogP contribution in [0.4, 0.5) is 0 Å². The van der Waals surface area contributed by atoms with Gasteiger partial charge in [0.1, 0.15) is 0 Å². The highest BCUT2D eigenvalue weighted by Gasteiger charge is 2.24. The lowest BCUT2D eigenvalue weighted by atomic mass is 9.98. The maximum Gasteiger partial charge on any atom is 0.225 e. The summed E-state index contributed by atoms with van der Waals surface area (Å²) in [4.78, 5) is 22.3. The van der Waals surface area contributed by atoms with Crippen molar-refractivity contribution < 1.29 is 14.7 Å². The summed E-state index contributed by atoms with van der Waals surface area (Å²) in [7, 11) is 0. The third kappa shape index (κ3) is 2.99. The van der Waals surface area contributed by atoms with Crippen LogP contribution in [0.1, 0.15) is 19.8 Å². The zero-order chi connectivity index (χ0) is 10.6. The van der Waals surface area contributed by atoms with Gasteiger partial charge in [0.2, 0.25) is 11.8 Å². The Balaban J connectivity index is 2.34. The smallest absolute Gasteiger partial charge is 0.225 e. The fourth-order valence-corrected chi connectivity index (χ4v) is 1.36. The fraction of sp³-hybridized carbons (Fsp3) is 0.778. The van der Waals surface area contributed by atoms with Gasteiger partial charge in [-0.2, -0.15) is 0 Å². The Bertz CT molecular complexity index is 220. The molecule has 80 valence electrons. The van der Waals surface area contributed by atoms with E-state index in [2.05, 4.69) is 10.6 Å². The molecule has 2 amide bonds. The van der Waals surface area contributed by atoms with Crippen molar-refractivity contribution >= 4 is 11.8 Å². The molecule has 5 nitrogen and oxygen atoms in total. The third-order valence-electron chi connectivity index (χ3n) is 2.30. The number of amides is 2. The normalized spacial score (nSPS) is 23.9. The molecule has 0 bridgehead atoms. The molecule has 0 aromatic carbocycles. The Labute approximate surface area is 82.9 Å². The van der Waals surface area contributed by atoms with Gasteiger partial charge in [-0.15, -0.1) is 0 Å². The minimum Gasteiger partial charge on any atom is -0.394 e. The van der Waals surface area contributed by atoms with E-state index < -0.39 is 0 Å². The number of nitrogens with one attached hydrogen (secondary N) is 2. The number of carbonyl (C=O) groups is 2. The molecule has 1 heterocycles. The molecule has 1 rings (SSSR count). The van der Waals surface area contributed by atoms with Crippen LogP contribution in [-0.2, 0) is 9.59 Å². The molecule has 0 saturated carbocycles. The van der Waals surface area contributed by atoms with Crippen LogP contribution < -0.4 is 10.6 Å². The number of hydrogen-bond donors (Lipinski definition) is 3. The maximum absolute atomic E-state index is 11.5. The molecule has 0 aromatic rings. The summed E-state index contributed by atoms with van der Waals surface area (Å²) in [6, 6.07) is -0.222. The first-order valence-corrected chi connectivity index (χ1v) is 4.81. The Morgan fingerprint density at radius 3 is 3.00 bits per heavy atom. The zero-order valence-electron chi connectivity index (χ0n) is 8.25. The Morgan fingerprint density at radius 1 is 1.79 bits per heavy atom. The Hall–Kier alpha value is -1.10. The molecule has 0 aromatic heterocycles. The summed E-state index contributed by atoms with van der Waals surface area (Å²) >= 11 is 0. The van der Waals surface area contributed by atoms with Gasteiger partial charge < -0.3 is 15.7 Å². The Morgan fingerprint density at radius 2 is 2.50 bits per heavy atom. The molecular weight excluding hydrogens is 184 g/mol. The molecular formula is C9H16N2O3. The second-order valence-corrected chi connectivity index (χ2v) is 3.63. The van der Waals surface area contributed by atoms with Crippen LogP contribution in [0.5, 0.6) is 0 Å². The van der Waals surface area contributed by atoms with Crippen LogP contribution in [0.15, 0.2) is 0 Å². The van der Waals surface area contributed by atoms with E-state index in [0.717, 1.165) is 0 Å². The lowest BCUT2D eigenvalue weighted by molar-refractivity contribution is -0.129. The molecule has 0 radical (unpaired) electrons. The topological polar surface area (TPSA) is 78.4 Å².